The van der Waals surface area contributed by atoms with Crippen molar-refractivity contribution in [1.29, 1.82) is 0 Å². The highest BCUT2D eigenvalue weighted by atomic mass is 32.1. The molecule has 0 unspecified atom stereocenters. The molecule has 2 rings (SSSR count). The predicted molar refractivity (Wildman–Crippen MR) is 102 cm³/mol. The van der Waals surface area contributed by atoms with Gasteiger partial charge in [-0.15, -0.1) is 0 Å². The van der Waals surface area contributed by atoms with Crippen molar-refractivity contribution in [3.05, 3.63) is 40.1 Å². The van der Waals surface area contributed by atoms with Crippen LogP contribution in [0.1, 0.15) is 18.1 Å². The second-order valence-electron chi connectivity index (χ2n) is 5.17. The van der Waals surface area contributed by atoms with Crippen LogP contribution in [0.15, 0.2) is 34.0 Å². The summed E-state index contributed by atoms with van der Waals surface area (Å²) >= 11 is 1.68. The van der Waals surface area contributed by atoms with E-state index in [0.29, 0.717) is 30.4 Å². The Bertz CT molecular complexity index is 662. The molecule has 0 radical (unpaired) electrons. The zero-order valence-electron chi connectivity index (χ0n) is 15.1. The highest BCUT2D eigenvalue weighted by molar-refractivity contribution is 7.07. The Morgan fingerprint density at radius 1 is 1.08 bits per heavy atom. The molecule has 2 N–H and O–H groups in total. The summed E-state index contributed by atoms with van der Waals surface area (Å²) in [7, 11) is 4.99. The van der Waals surface area contributed by atoms with E-state index in [0.717, 1.165) is 18.1 Å². The third kappa shape index (κ3) is 5.29. The van der Waals surface area contributed by atoms with Crippen molar-refractivity contribution in [3.63, 3.8) is 0 Å². The molecule has 0 amide bonds. The molecule has 6 nitrogen and oxygen atoms in total. The van der Waals surface area contributed by atoms with Crippen molar-refractivity contribution in [3.8, 4) is 17.2 Å². The summed E-state index contributed by atoms with van der Waals surface area (Å²) in [6.07, 6.45) is 0. The molecule has 2 aromatic rings. The zero-order valence-corrected chi connectivity index (χ0v) is 15.9. The first kappa shape index (κ1) is 18.9. The van der Waals surface area contributed by atoms with Gasteiger partial charge in [0.1, 0.15) is 0 Å². The molecule has 0 aliphatic rings. The molecule has 0 aliphatic heterocycles. The van der Waals surface area contributed by atoms with E-state index in [-0.39, 0.29) is 0 Å². The standard InChI is InChI=1S/C18H25N3O3S/c1-5-24-17-15(22-3)8-14(9-16(17)23-4)11-21-18(19-2)20-10-13-6-7-25-12-13/h6-9,12H,5,10-11H2,1-4H3,(H2,19,20,21). The molecule has 1 aromatic heterocycles. The van der Waals surface area contributed by atoms with Gasteiger partial charge in [-0.2, -0.15) is 11.3 Å². The van der Waals surface area contributed by atoms with Crippen LogP contribution in [0, 0.1) is 0 Å². The maximum atomic E-state index is 5.63. The second kappa shape index (κ2) is 9.78. The van der Waals surface area contributed by atoms with Gasteiger partial charge >= 0.3 is 0 Å². The Kier molecular flexibility index (Phi) is 7.40. The van der Waals surface area contributed by atoms with E-state index in [4.69, 9.17) is 14.2 Å². The number of hydrogen-bond acceptors (Lipinski definition) is 5. The molecule has 1 heterocycles. The van der Waals surface area contributed by atoms with E-state index in [9.17, 15) is 0 Å². The van der Waals surface area contributed by atoms with Gasteiger partial charge in [0.05, 0.1) is 20.8 Å². The first-order chi connectivity index (χ1) is 12.2. The summed E-state index contributed by atoms with van der Waals surface area (Å²) in [4.78, 5) is 4.25. The number of guanidine groups is 1. The van der Waals surface area contributed by atoms with Crippen LogP contribution >= 0.6 is 11.3 Å². The molecule has 0 saturated heterocycles. The Morgan fingerprint density at radius 3 is 2.20 bits per heavy atom. The van der Waals surface area contributed by atoms with Crippen molar-refractivity contribution >= 4 is 17.3 Å². The maximum Gasteiger partial charge on any atom is 0.203 e. The number of benzene rings is 1. The summed E-state index contributed by atoms with van der Waals surface area (Å²) in [5.74, 6) is 2.66. The summed E-state index contributed by atoms with van der Waals surface area (Å²) in [5, 5.41) is 10.8. The van der Waals surface area contributed by atoms with E-state index >= 15 is 0 Å². The highest BCUT2D eigenvalue weighted by Crippen LogP contribution is 2.38. The summed E-state index contributed by atoms with van der Waals surface area (Å²) < 4.78 is 16.5. The van der Waals surface area contributed by atoms with Crippen molar-refractivity contribution in [2.45, 2.75) is 20.0 Å². The molecular formula is C18H25N3O3S. The zero-order chi connectivity index (χ0) is 18.1. The van der Waals surface area contributed by atoms with Crippen molar-refractivity contribution in [2.75, 3.05) is 27.9 Å². The van der Waals surface area contributed by atoms with Gasteiger partial charge in [-0.1, -0.05) is 0 Å². The summed E-state index contributed by atoms with van der Waals surface area (Å²) in [6, 6.07) is 5.96. The number of aliphatic imine (C=N–C) groups is 1. The van der Waals surface area contributed by atoms with E-state index in [1.165, 1.54) is 5.56 Å². The van der Waals surface area contributed by atoms with Crippen molar-refractivity contribution in [1.82, 2.24) is 10.6 Å². The molecule has 25 heavy (non-hydrogen) atoms. The van der Waals surface area contributed by atoms with Gasteiger partial charge < -0.3 is 24.8 Å². The third-order valence-corrected chi connectivity index (χ3v) is 4.26. The highest BCUT2D eigenvalue weighted by Gasteiger charge is 2.14. The number of rotatable bonds is 8. The van der Waals surface area contributed by atoms with Crippen molar-refractivity contribution in [2.24, 2.45) is 4.99 Å². The molecule has 0 bridgehead atoms. The largest absolute Gasteiger partial charge is 0.493 e. The molecule has 0 saturated carbocycles. The molecule has 136 valence electrons. The molecule has 0 fully saturated rings. The fourth-order valence-corrected chi connectivity index (χ4v) is 2.98. The van der Waals surface area contributed by atoms with Gasteiger partial charge in [-0.3, -0.25) is 4.99 Å². The van der Waals surface area contributed by atoms with Gasteiger partial charge in [0.2, 0.25) is 5.75 Å². The first-order valence-electron chi connectivity index (χ1n) is 8.05. The van der Waals surface area contributed by atoms with Crippen LogP contribution in [0.4, 0.5) is 0 Å². The van der Waals surface area contributed by atoms with E-state index < -0.39 is 0 Å². The minimum atomic E-state index is 0.545. The fraction of sp³-hybridized carbons (Fsp3) is 0.389. The minimum Gasteiger partial charge on any atom is -0.493 e. The lowest BCUT2D eigenvalue weighted by molar-refractivity contribution is 0.288. The lowest BCUT2D eigenvalue weighted by Crippen LogP contribution is -2.36. The van der Waals surface area contributed by atoms with Crippen molar-refractivity contribution < 1.29 is 14.2 Å². The maximum absolute atomic E-state index is 5.63. The third-order valence-electron chi connectivity index (χ3n) is 3.53. The first-order valence-corrected chi connectivity index (χ1v) is 8.99. The lowest BCUT2D eigenvalue weighted by Gasteiger charge is -2.16. The van der Waals surface area contributed by atoms with Gasteiger partial charge in [0.15, 0.2) is 17.5 Å². The number of thiophene rings is 1. The van der Waals surface area contributed by atoms with Gasteiger partial charge in [-0.25, -0.2) is 0 Å². The molecular weight excluding hydrogens is 338 g/mol. The van der Waals surface area contributed by atoms with Gasteiger partial charge in [0.25, 0.3) is 0 Å². The average molecular weight is 363 g/mol. The lowest BCUT2D eigenvalue weighted by atomic mass is 10.2. The van der Waals surface area contributed by atoms with Crippen LogP contribution in [0.25, 0.3) is 0 Å². The van der Waals surface area contributed by atoms with E-state index in [2.05, 4.69) is 32.5 Å². The van der Waals surface area contributed by atoms with Crippen LogP contribution in [-0.4, -0.2) is 33.8 Å². The number of methoxy groups -OCH3 is 2. The van der Waals surface area contributed by atoms with Gasteiger partial charge in [0, 0.05) is 20.1 Å². The quantitative estimate of drug-likeness (QED) is 0.558. The Labute approximate surface area is 152 Å². The monoisotopic (exact) mass is 363 g/mol. The average Bonchev–Trinajstić information content (AvgIpc) is 3.16. The Hall–Kier alpha value is -2.41. The van der Waals surface area contributed by atoms with Crippen LogP contribution in [0.5, 0.6) is 17.2 Å². The fourth-order valence-electron chi connectivity index (χ4n) is 2.31. The Morgan fingerprint density at radius 2 is 1.72 bits per heavy atom. The van der Waals surface area contributed by atoms with Crippen LogP contribution in [0.3, 0.4) is 0 Å². The Balaban J connectivity index is 2.03. The number of ether oxygens (including phenoxy) is 3. The predicted octanol–water partition coefficient (Wildman–Crippen LogP) is 3.03. The smallest absolute Gasteiger partial charge is 0.203 e. The number of hydrogen-bond donors (Lipinski definition) is 2. The number of nitrogens with zero attached hydrogens (tertiary/aromatic N) is 1. The van der Waals surface area contributed by atoms with Gasteiger partial charge in [-0.05, 0) is 47.0 Å². The van der Waals surface area contributed by atoms with Crippen LogP contribution < -0.4 is 24.8 Å². The molecule has 7 heteroatoms. The van der Waals surface area contributed by atoms with E-state index in [1.54, 1.807) is 32.6 Å². The molecule has 0 spiro atoms. The minimum absolute atomic E-state index is 0.545. The topological polar surface area (TPSA) is 64.1 Å². The summed E-state index contributed by atoms with van der Waals surface area (Å²) in [6.45, 7) is 3.79. The van der Waals surface area contributed by atoms with Crippen LogP contribution in [0.2, 0.25) is 0 Å². The molecule has 0 atom stereocenters. The SMILES string of the molecule is CCOc1c(OC)cc(CNC(=NC)NCc2ccsc2)cc1OC. The second-order valence-corrected chi connectivity index (χ2v) is 5.95. The van der Waals surface area contributed by atoms with Crippen LogP contribution in [-0.2, 0) is 13.1 Å². The normalized spacial score (nSPS) is 11.1. The summed E-state index contributed by atoms with van der Waals surface area (Å²) in [5.41, 5.74) is 2.24. The van der Waals surface area contributed by atoms with E-state index in [1.807, 2.05) is 19.1 Å². The molecule has 1 aromatic carbocycles. The number of nitrogens with one attached hydrogen (secondary N) is 2. The molecule has 0 aliphatic carbocycles.